The lowest BCUT2D eigenvalue weighted by Crippen LogP contribution is -2.11. The summed E-state index contributed by atoms with van der Waals surface area (Å²) in [6, 6.07) is 17.7. The molecule has 0 heterocycles. The molecule has 2 rings (SSSR count). The van der Waals surface area contributed by atoms with Crippen LogP contribution in [0.15, 0.2) is 60.7 Å². The van der Waals surface area contributed by atoms with Gasteiger partial charge in [0.15, 0.2) is 5.78 Å². The zero-order valence-corrected chi connectivity index (χ0v) is 10.6. The van der Waals surface area contributed by atoms with Crippen LogP contribution in [-0.2, 0) is 0 Å². The normalized spacial score (nSPS) is 10.8. The smallest absolute Gasteiger partial charge is 0.402 e. The van der Waals surface area contributed by atoms with E-state index >= 15 is 0 Å². The third-order valence-corrected chi connectivity index (χ3v) is 2.42. The van der Waals surface area contributed by atoms with Crippen LogP contribution in [0.3, 0.4) is 0 Å². The molecule has 0 radical (unpaired) electrons. The van der Waals surface area contributed by atoms with Crippen molar-refractivity contribution in [2.45, 2.75) is 6.10 Å². The summed E-state index contributed by atoms with van der Waals surface area (Å²) in [4.78, 5) is 20.7. The SMILES string of the molecule is NC(=O)O.O=C(c1ccccc1)C(O)c1ccccc1. The highest BCUT2D eigenvalue weighted by molar-refractivity contribution is 5.99. The Morgan fingerprint density at radius 1 is 0.900 bits per heavy atom. The summed E-state index contributed by atoms with van der Waals surface area (Å²) in [7, 11) is 0. The molecule has 0 aliphatic rings. The van der Waals surface area contributed by atoms with E-state index in [4.69, 9.17) is 9.90 Å². The van der Waals surface area contributed by atoms with E-state index in [1.54, 1.807) is 48.5 Å². The van der Waals surface area contributed by atoms with Gasteiger partial charge in [-0.15, -0.1) is 0 Å². The van der Waals surface area contributed by atoms with Gasteiger partial charge in [-0.25, -0.2) is 4.79 Å². The van der Waals surface area contributed by atoms with Crippen molar-refractivity contribution in [2.75, 3.05) is 0 Å². The second kappa shape index (κ2) is 7.70. The fraction of sp³-hybridized carbons (Fsp3) is 0.0667. The number of rotatable bonds is 3. The summed E-state index contributed by atoms with van der Waals surface area (Å²) in [5, 5.41) is 17.1. The Balaban J connectivity index is 0.000000444. The van der Waals surface area contributed by atoms with Crippen molar-refractivity contribution in [1.82, 2.24) is 0 Å². The highest BCUT2D eigenvalue weighted by atomic mass is 16.4. The van der Waals surface area contributed by atoms with Crippen LogP contribution in [0, 0.1) is 0 Å². The van der Waals surface area contributed by atoms with Crippen LogP contribution in [-0.4, -0.2) is 22.1 Å². The monoisotopic (exact) mass is 273 g/mol. The Morgan fingerprint density at radius 3 is 1.75 bits per heavy atom. The molecule has 1 amide bonds. The lowest BCUT2D eigenvalue weighted by atomic mass is 10.0. The second-order valence-corrected chi connectivity index (χ2v) is 3.88. The van der Waals surface area contributed by atoms with E-state index in [1.165, 1.54) is 0 Å². The van der Waals surface area contributed by atoms with Gasteiger partial charge < -0.3 is 15.9 Å². The molecule has 5 heteroatoms. The number of carbonyl (C=O) groups excluding carboxylic acids is 1. The molecule has 104 valence electrons. The number of aliphatic hydroxyl groups excluding tert-OH is 1. The lowest BCUT2D eigenvalue weighted by molar-refractivity contribution is 0.0747. The van der Waals surface area contributed by atoms with Gasteiger partial charge in [0, 0.05) is 5.56 Å². The molecule has 5 nitrogen and oxygen atoms in total. The molecule has 1 atom stereocenters. The van der Waals surface area contributed by atoms with Crippen LogP contribution >= 0.6 is 0 Å². The average molecular weight is 273 g/mol. The van der Waals surface area contributed by atoms with Crippen LogP contribution in [0.4, 0.5) is 4.79 Å². The molecule has 0 aromatic heterocycles. The number of carbonyl (C=O) groups is 2. The highest BCUT2D eigenvalue weighted by Gasteiger charge is 2.18. The number of ketones is 1. The number of amides is 1. The summed E-state index contributed by atoms with van der Waals surface area (Å²) in [6.45, 7) is 0. The van der Waals surface area contributed by atoms with Gasteiger partial charge in [-0.1, -0.05) is 60.7 Å². The Labute approximate surface area is 116 Å². The van der Waals surface area contributed by atoms with Gasteiger partial charge >= 0.3 is 6.09 Å². The van der Waals surface area contributed by atoms with Gasteiger partial charge in [0.05, 0.1) is 0 Å². The van der Waals surface area contributed by atoms with Crippen LogP contribution in [0.5, 0.6) is 0 Å². The zero-order valence-electron chi connectivity index (χ0n) is 10.6. The van der Waals surface area contributed by atoms with Gasteiger partial charge in [-0.2, -0.15) is 0 Å². The third kappa shape index (κ3) is 4.91. The highest BCUT2D eigenvalue weighted by Crippen LogP contribution is 2.17. The summed E-state index contributed by atoms with van der Waals surface area (Å²) < 4.78 is 0. The van der Waals surface area contributed by atoms with Crippen LogP contribution in [0.1, 0.15) is 22.0 Å². The van der Waals surface area contributed by atoms with E-state index in [0.29, 0.717) is 11.1 Å². The fourth-order valence-electron chi connectivity index (χ4n) is 1.55. The van der Waals surface area contributed by atoms with Crippen molar-refractivity contribution in [3.8, 4) is 0 Å². The topological polar surface area (TPSA) is 101 Å². The second-order valence-electron chi connectivity index (χ2n) is 3.88. The minimum atomic E-state index is -1.33. The van der Waals surface area contributed by atoms with Crippen molar-refractivity contribution in [1.29, 1.82) is 0 Å². The largest absolute Gasteiger partial charge is 0.465 e. The summed E-state index contributed by atoms with van der Waals surface area (Å²) in [5.74, 6) is -0.271. The molecule has 2 aromatic rings. The molecule has 0 bridgehead atoms. The maximum absolute atomic E-state index is 11.9. The number of primary amides is 1. The molecule has 0 saturated heterocycles. The summed E-state index contributed by atoms with van der Waals surface area (Å²) in [6.07, 6.45) is -2.41. The first-order valence-electron chi connectivity index (χ1n) is 5.83. The fourth-order valence-corrected chi connectivity index (χ4v) is 1.55. The predicted octanol–water partition coefficient (Wildman–Crippen LogP) is 2.23. The molecule has 0 saturated carbocycles. The molecule has 2 aromatic carbocycles. The first-order valence-corrected chi connectivity index (χ1v) is 5.83. The number of aliphatic hydroxyl groups is 1. The Morgan fingerprint density at radius 2 is 1.30 bits per heavy atom. The number of nitrogens with two attached hydrogens (primary N) is 1. The van der Waals surface area contributed by atoms with Gasteiger partial charge in [-0.3, -0.25) is 4.79 Å². The van der Waals surface area contributed by atoms with E-state index in [1.807, 2.05) is 12.1 Å². The maximum Gasteiger partial charge on any atom is 0.402 e. The predicted molar refractivity (Wildman–Crippen MR) is 74.4 cm³/mol. The number of benzene rings is 2. The first kappa shape index (κ1) is 15.4. The molecule has 0 spiro atoms. The molecule has 20 heavy (non-hydrogen) atoms. The van der Waals surface area contributed by atoms with Crippen molar-refractivity contribution in [2.24, 2.45) is 5.73 Å². The molecule has 0 fully saturated rings. The quantitative estimate of drug-likeness (QED) is 0.746. The Hall–Kier alpha value is -2.66. The molecule has 4 N–H and O–H groups in total. The van der Waals surface area contributed by atoms with E-state index in [2.05, 4.69) is 5.73 Å². The number of hydrogen-bond donors (Lipinski definition) is 3. The van der Waals surface area contributed by atoms with Gasteiger partial charge in [0.2, 0.25) is 0 Å². The lowest BCUT2D eigenvalue weighted by Gasteiger charge is -2.09. The minimum absolute atomic E-state index is 0.271. The summed E-state index contributed by atoms with van der Waals surface area (Å²) in [5.41, 5.74) is 5.18. The van der Waals surface area contributed by atoms with E-state index in [0.717, 1.165) is 0 Å². The van der Waals surface area contributed by atoms with E-state index in [-0.39, 0.29) is 5.78 Å². The van der Waals surface area contributed by atoms with Crippen LogP contribution in [0.25, 0.3) is 0 Å². The van der Waals surface area contributed by atoms with Crippen molar-refractivity contribution in [3.63, 3.8) is 0 Å². The van der Waals surface area contributed by atoms with Crippen LogP contribution in [0.2, 0.25) is 0 Å². The van der Waals surface area contributed by atoms with Gasteiger partial charge in [0.1, 0.15) is 6.10 Å². The van der Waals surface area contributed by atoms with Crippen LogP contribution < -0.4 is 5.73 Å². The zero-order chi connectivity index (χ0) is 15.0. The minimum Gasteiger partial charge on any atom is -0.465 e. The van der Waals surface area contributed by atoms with Gasteiger partial charge in [0.25, 0.3) is 0 Å². The molecule has 0 aliphatic heterocycles. The number of hydrogen-bond acceptors (Lipinski definition) is 3. The molecular weight excluding hydrogens is 258 g/mol. The van der Waals surface area contributed by atoms with E-state index in [9.17, 15) is 9.90 Å². The third-order valence-electron chi connectivity index (χ3n) is 2.42. The maximum atomic E-state index is 11.9. The van der Waals surface area contributed by atoms with Gasteiger partial charge in [-0.05, 0) is 5.56 Å². The first-order chi connectivity index (χ1) is 9.52. The standard InChI is InChI=1S/C14H12O2.CH3NO2/c15-13(11-7-3-1-4-8-11)14(16)12-9-5-2-6-10-12;2-1(3)4/h1-10,13,15H;2H2,(H,3,4). The van der Waals surface area contributed by atoms with Crippen molar-refractivity contribution in [3.05, 3.63) is 71.8 Å². The number of carboxylic acid groups (broad SMARTS) is 1. The number of Topliss-reactive ketones (excluding diaryl/α,β-unsaturated/α-hetero) is 1. The van der Waals surface area contributed by atoms with Crippen molar-refractivity contribution < 1.29 is 19.8 Å². The van der Waals surface area contributed by atoms with Crippen molar-refractivity contribution >= 4 is 11.9 Å². The molecular formula is C15H15NO4. The average Bonchev–Trinajstić information content (AvgIpc) is 2.47. The molecule has 1 unspecified atom stereocenters. The summed E-state index contributed by atoms with van der Waals surface area (Å²) >= 11 is 0. The Kier molecular flexibility index (Phi) is 5.93. The Bertz CT molecular complexity index is 551. The van der Waals surface area contributed by atoms with E-state index < -0.39 is 12.2 Å². The molecule has 0 aliphatic carbocycles.